The van der Waals surface area contributed by atoms with Gasteiger partial charge in [0.05, 0.1) is 0 Å². The summed E-state index contributed by atoms with van der Waals surface area (Å²) in [5.74, 6) is 1.44. The van der Waals surface area contributed by atoms with Crippen molar-refractivity contribution >= 4 is 5.78 Å². The van der Waals surface area contributed by atoms with Gasteiger partial charge in [-0.2, -0.15) is 0 Å². The first-order valence-electron chi connectivity index (χ1n) is 4.98. The zero-order valence-corrected chi connectivity index (χ0v) is 7.49. The number of Topliss-reactive ketones (excluding diaryl/α,β-unsaturated/α-hetero) is 1. The predicted molar refractivity (Wildman–Crippen MR) is 50.7 cm³/mol. The van der Waals surface area contributed by atoms with E-state index in [1.165, 1.54) is 12.0 Å². The molecular weight excluding hydrogens is 160 g/mol. The fraction of sp³-hybridized carbons (Fsp3) is 0.417. The smallest absolute Gasteiger partial charge is 0.166 e. The minimum atomic E-state index is 0.370. The van der Waals surface area contributed by atoms with Crippen LogP contribution in [-0.4, -0.2) is 5.78 Å². The molecular formula is C12H12O. The monoisotopic (exact) mass is 172 g/mol. The molecule has 1 fully saturated rings. The first kappa shape index (κ1) is 7.31. The van der Waals surface area contributed by atoms with Gasteiger partial charge in [0, 0.05) is 11.5 Å². The van der Waals surface area contributed by atoms with Gasteiger partial charge < -0.3 is 0 Å². The maximum absolute atomic E-state index is 11.9. The molecule has 0 unspecified atom stereocenters. The van der Waals surface area contributed by atoms with Crippen molar-refractivity contribution in [2.24, 2.45) is 11.8 Å². The van der Waals surface area contributed by atoms with E-state index in [0.29, 0.717) is 17.6 Å². The van der Waals surface area contributed by atoms with Gasteiger partial charge in [0.15, 0.2) is 5.78 Å². The summed E-state index contributed by atoms with van der Waals surface area (Å²) in [6.45, 7) is 0. The Morgan fingerprint density at radius 1 is 1.15 bits per heavy atom. The molecule has 0 heterocycles. The van der Waals surface area contributed by atoms with Crippen LogP contribution in [-0.2, 0) is 6.42 Å². The third-order valence-corrected chi connectivity index (χ3v) is 3.52. The quantitative estimate of drug-likeness (QED) is 0.587. The second-order valence-electron chi connectivity index (χ2n) is 4.17. The Balaban J connectivity index is 2.11. The van der Waals surface area contributed by atoms with Crippen LogP contribution < -0.4 is 0 Å². The molecule has 1 aromatic rings. The molecule has 0 aliphatic heterocycles. The lowest BCUT2D eigenvalue weighted by molar-refractivity contribution is 0.0706. The van der Waals surface area contributed by atoms with Gasteiger partial charge in [-0.3, -0.25) is 4.79 Å². The Hall–Kier alpha value is -1.11. The topological polar surface area (TPSA) is 17.1 Å². The molecule has 3 rings (SSSR count). The lowest BCUT2D eigenvalue weighted by Gasteiger charge is -2.39. The summed E-state index contributed by atoms with van der Waals surface area (Å²) in [5.41, 5.74) is 2.26. The zero-order valence-electron chi connectivity index (χ0n) is 7.49. The van der Waals surface area contributed by atoms with E-state index in [0.717, 1.165) is 18.4 Å². The number of hydrogen-bond acceptors (Lipinski definition) is 1. The summed E-state index contributed by atoms with van der Waals surface area (Å²) in [6.07, 6.45) is 3.51. The Morgan fingerprint density at radius 3 is 2.77 bits per heavy atom. The highest BCUT2D eigenvalue weighted by Gasteiger charge is 2.40. The maximum atomic E-state index is 11.9. The van der Waals surface area contributed by atoms with Gasteiger partial charge in [-0.1, -0.05) is 24.3 Å². The second-order valence-corrected chi connectivity index (χ2v) is 4.17. The Kier molecular flexibility index (Phi) is 1.37. The zero-order chi connectivity index (χ0) is 8.84. The average Bonchev–Trinajstić information content (AvgIpc) is 2.11. The minimum absolute atomic E-state index is 0.370. The van der Waals surface area contributed by atoms with Crippen LogP contribution in [0.4, 0.5) is 0 Å². The van der Waals surface area contributed by atoms with Crippen molar-refractivity contribution in [2.45, 2.75) is 19.3 Å². The fourth-order valence-corrected chi connectivity index (χ4v) is 2.58. The molecule has 2 aliphatic rings. The number of benzene rings is 1. The highest BCUT2D eigenvalue weighted by molar-refractivity contribution is 6.01. The summed E-state index contributed by atoms with van der Waals surface area (Å²) in [4.78, 5) is 11.9. The highest BCUT2D eigenvalue weighted by atomic mass is 16.1. The first-order chi connectivity index (χ1) is 6.36. The minimum Gasteiger partial charge on any atom is -0.294 e. The van der Waals surface area contributed by atoms with E-state index in [-0.39, 0.29) is 0 Å². The van der Waals surface area contributed by atoms with Crippen molar-refractivity contribution in [2.75, 3.05) is 0 Å². The van der Waals surface area contributed by atoms with Crippen molar-refractivity contribution in [3.63, 3.8) is 0 Å². The van der Waals surface area contributed by atoms with Crippen LogP contribution in [0.2, 0.25) is 0 Å². The maximum Gasteiger partial charge on any atom is 0.166 e. The van der Waals surface area contributed by atoms with Gasteiger partial charge in [0.2, 0.25) is 0 Å². The van der Waals surface area contributed by atoms with E-state index < -0.39 is 0 Å². The molecule has 0 amide bonds. The van der Waals surface area contributed by atoms with Crippen LogP contribution in [0.25, 0.3) is 0 Å². The summed E-state index contributed by atoms with van der Waals surface area (Å²) in [7, 11) is 0. The van der Waals surface area contributed by atoms with E-state index in [2.05, 4.69) is 6.07 Å². The first-order valence-corrected chi connectivity index (χ1v) is 4.98. The third kappa shape index (κ3) is 0.902. The highest BCUT2D eigenvalue weighted by Crippen LogP contribution is 2.43. The number of carbonyl (C=O) groups is 1. The van der Waals surface area contributed by atoms with Gasteiger partial charge >= 0.3 is 0 Å². The molecule has 13 heavy (non-hydrogen) atoms. The van der Waals surface area contributed by atoms with Gasteiger partial charge in [-0.05, 0) is 30.7 Å². The predicted octanol–water partition coefficient (Wildman–Crippen LogP) is 2.45. The summed E-state index contributed by atoms with van der Waals surface area (Å²) in [6, 6.07) is 8.08. The number of ketones is 1. The molecule has 66 valence electrons. The molecule has 2 aliphatic carbocycles. The molecule has 0 bridgehead atoms. The number of fused-ring (bicyclic) bond motifs is 2. The van der Waals surface area contributed by atoms with Gasteiger partial charge in [-0.25, -0.2) is 0 Å². The van der Waals surface area contributed by atoms with E-state index in [1.807, 2.05) is 18.2 Å². The normalized spacial score (nSPS) is 30.3. The third-order valence-electron chi connectivity index (χ3n) is 3.52. The molecule has 1 aromatic carbocycles. The molecule has 0 radical (unpaired) electrons. The number of rotatable bonds is 0. The average molecular weight is 172 g/mol. The number of hydrogen-bond donors (Lipinski definition) is 0. The van der Waals surface area contributed by atoms with Gasteiger partial charge in [0.25, 0.3) is 0 Å². The van der Waals surface area contributed by atoms with Crippen molar-refractivity contribution in [3.05, 3.63) is 35.4 Å². The molecule has 0 spiro atoms. The van der Waals surface area contributed by atoms with Crippen LogP contribution in [0.5, 0.6) is 0 Å². The lowest BCUT2D eigenvalue weighted by Crippen LogP contribution is -2.38. The lowest BCUT2D eigenvalue weighted by atomic mass is 9.63. The molecule has 0 saturated heterocycles. The van der Waals surface area contributed by atoms with E-state index in [1.54, 1.807) is 0 Å². The Bertz CT molecular complexity index is 367. The summed E-state index contributed by atoms with van der Waals surface area (Å²) in [5, 5.41) is 0. The van der Waals surface area contributed by atoms with E-state index in [9.17, 15) is 4.79 Å². The molecule has 1 heteroatoms. The molecule has 1 saturated carbocycles. The second kappa shape index (κ2) is 2.44. The van der Waals surface area contributed by atoms with Gasteiger partial charge in [0.1, 0.15) is 0 Å². The fourth-order valence-electron chi connectivity index (χ4n) is 2.58. The Labute approximate surface area is 77.8 Å². The van der Waals surface area contributed by atoms with Crippen molar-refractivity contribution in [3.8, 4) is 0 Å². The summed E-state index contributed by atoms with van der Waals surface area (Å²) < 4.78 is 0. The SMILES string of the molecule is O=C1c2ccccc2C[C@H]2CC[C@@H]12. The van der Waals surface area contributed by atoms with Crippen molar-refractivity contribution in [1.29, 1.82) is 0 Å². The number of carbonyl (C=O) groups excluding carboxylic acids is 1. The van der Waals surface area contributed by atoms with Crippen LogP contribution >= 0.6 is 0 Å². The van der Waals surface area contributed by atoms with Crippen LogP contribution in [0.3, 0.4) is 0 Å². The van der Waals surface area contributed by atoms with Crippen LogP contribution in [0.15, 0.2) is 24.3 Å². The van der Waals surface area contributed by atoms with Crippen LogP contribution in [0, 0.1) is 11.8 Å². The summed E-state index contributed by atoms with van der Waals surface area (Å²) >= 11 is 0. The van der Waals surface area contributed by atoms with Crippen molar-refractivity contribution < 1.29 is 4.79 Å². The standard InChI is InChI=1S/C12H12O/c13-12-10-4-2-1-3-8(10)7-9-5-6-11(9)12/h1-4,9,11H,5-7H2/t9-,11-/m1/s1. The van der Waals surface area contributed by atoms with Crippen molar-refractivity contribution in [1.82, 2.24) is 0 Å². The molecule has 0 N–H and O–H groups in total. The largest absolute Gasteiger partial charge is 0.294 e. The van der Waals surface area contributed by atoms with Gasteiger partial charge in [-0.15, -0.1) is 0 Å². The molecule has 0 aromatic heterocycles. The Morgan fingerprint density at radius 2 is 2.00 bits per heavy atom. The van der Waals surface area contributed by atoms with E-state index >= 15 is 0 Å². The molecule has 2 atom stereocenters. The van der Waals surface area contributed by atoms with E-state index in [4.69, 9.17) is 0 Å². The molecule has 1 nitrogen and oxygen atoms in total. The van der Waals surface area contributed by atoms with Crippen LogP contribution in [0.1, 0.15) is 28.8 Å².